The van der Waals surface area contributed by atoms with Crippen LogP contribution >= 0.6 is 0 Å². The van der Waals surface area contributed by atoms with Crippen molar-refractivity contribution in [3.05, 3.63) is 23.7 Å². The second kappa shape index (κ2) is 5.75. The molecule has 2 rings (SSSR count). The molecular formula is C14H21NO4. The van der Waals surface area contributed by atoms with E-state index in [9.17, 15) is 9.90 Å². The summed E-state index contributed by atoms with van der Waals surface area (Å²) in [6.45, 7) is 2.96. The van der Waals surface area contributed by atoms with Crippen LogP contribution in [0.4, 0.5) is 0 Å². The highest BCUT2D eigenvalue weighted by Gasteiger charge is 2.29. The molecule has 106 valence electrons. The molecule has 1 aliphatic carbocycles. The van der Waals surface area contributed by atoms with E-state index in [2.05, 4.69) is 9.64 Å². The van der Waals surface area contributed by atoms with Crippen LogP contribution in [0.25, 0.3) is 0 Å². The van der Waals surface area contributed by atoms with Crippen molar-refractivity contribution in [2.24, 2.45) is 5.92 Å². The van der Waals surface area contributed by atoms with Crippen LogP contribution in [0.3, 0.4) is 0 Å². The lowest BCUT2D eigenvalue weighted by Crippen LogP contribution is -2.37. The van der Waals surface area contributed by atoms with Gasteiger partial charge in [-0.2, -0.15) is 0 Å². The molecule has 0 radical (unpaired) electrons. The Hall–Kier alpha value is -1.33. The first-order valence-corrected chi connectivity index (χ1v) is 6.57. The Bertz CT molecular complexity index is 436. The Morgan fingerprint density at radius 1 is 1.58 bits per heavy atom. The number of rotatable bonds is 5. The van der Waals surface area contributed by atoms with Crippen LogP contribution in [0, 0.1) is 5.92 Å². The fourth-order valence-electron chi connectivity index (χ4n) is 2.42. The number of furan rings is 1. The number of hydrogen-bond acceptors (Lipinski definition) is 5. The highest BCUT2D eigenvalue weighted by Crippen LogP contribution is 2.30. The van der Waals surface area contributed by atoms with Gasteiger partial charge in [0.15, 0.2) is 0 Å². The van der Waals surface area contributed by atoms with Crippen LogP contribution in [0.5, 0.6) is 0 Å². The number of aliphatic hydroxyl groups excluding tert-OH is 1. The van der Waals surface area contributed by atoms with Gasteiger partial charge >= 0.3 is 5.97 Å². The van der Waals surface area contributed by atoms with Crippen LogP contribution in [0.1, 0.15) is 42.1 Å². The van der Waals surface area contributed by atoms with Crippen LogP contribution in [-0.4, -0.2) is 42.8 Å². The van der Waals surface area contributed by atoms with Crippen molar-refractivity contribution >= 4 is 5.97 Å². The highest BCUT2D eigenvalue weighted by molar-refractivity contribution is 5.86. The maximum absolute atomic E-state index is 11.3. The molecule has 0 amide bonds. The molecule has 0 aromatic carbocycles. The molecule has 1 aromatic rings. The zero-order valence-corrected chi connectivity index (χ0v) is 11.6. The van der Waals surface area contributed by atoms with E-state index in [0.29, 0.717) is 5.92 Å². The van der Waals surface area contributed by atoms with Crippen molar-refractivity contribution in [2.75, 3.05) is 20.7 Å². The molecule has 1 N–H and O–H groups in total. The molecule has 1 saturated carbocycles. The summed E-state index contributed by atoms with van der Waals surface area (Å²) in [6.07, 6.45) is 1.63. The van der Waals surface area contributed by atoms with Crippen LogP contribution in [0.15, 0.2) is 16.5 Å². The van der Waals surface area contributed by atoms with Crippen molar-refractivity contribution in [3.63, 3.8) is 0 Å². The van der Waals surface area contributed by atoms with Gasteiger partial charge in [0.25, 0.3) is 0 Å². The van der Waals surface area contributed by atoms with Crippen molar-refractivity contribution in [2.45, 2.75) is 31.9 Å². The third kappa shape index (κ3) is 3.16. The molecule has 19 heavy (non-hydrogen) atoms. The van der Waals surface area contributed by atoms with E-state index in [-0.39, 0.29) is 17.9 Å². The number of esters is 1. The third-order valence-electron chi connectivity index (χ3n) is 3.84. The van der Waals surface area contributed by atoms with Crippen molar-refractivity contribution in [1.29, 1.82) is 0 Å². The van der Waals surface area contributed by atoms with Gasteiger partial charge in [-0.1, -0.05) is 0 Å². The minimum absolute atomic E-state index is 0.0937. The summed E-state index contributed by atoms with van der Waals surface area (Å²) in [5.41, 5.74) is 0. The Labute approximate surface area is 113 Å². The van der Waals surface area contributed by atoms with Crippen LogP contribution in [-0.2, 0) is 4.74 Å². The first-order chi connectivity index (χ1) is 9.01. The first-order valence-electron chi connectivity index (χ1n) is 6.57. The molecule has 1 unspecified atom stereocenters. The molecule has 1 aromatic heterocycles. The molecule has 0 spiro atoms. The van der Waals surface area contributed by atoms with Gasteiger partial charge in [0, 0.05) is 6.54 Å². The lowest BCUT2D eigenvalue weighted by Gasteiger charge is -2.36. The predicted molar refractivity (Wildman–Crippen MR) is 69.8 cm³/mol. The molecule has 0 bridgehead atoms. The highest BCUT2D eigenvalue weighted by atomic mass is 16.5. The summed E-state index contributed by atoms with van der Waals surface area (Å²) in [4.78, 5) is 13.5. The molecule has 5 heteroatoms. The molecule has 0 saturated heterocycles. The van der Waals surface area contributed by atoms with Gasteiger partial charge in [0.1, 0.15) is 5.76 Å². The van der Waals surface area contributed by atoms with E-state index < -0.39 is 5.97 Å². The maximum Gasteiger partial charge on any atom is 0.373 e. The molecule has 0 aliphatic heterocycles. The molecule has 1 atom stereocenters. The standard InChI is InChI=1S/C14H21NO4/c1-9(15(2)8-10-6-11(16)7-10)12-4-5-13(19-12)14(17)18-3/h4-5,9-11,16H,6-8H2,1-3H3. The minimum Gasteiger partial charge on any atom is -0.463 e. The smallest absolute Gasteiger partial charge is 0.373 e. The third-order valence-corrected chi connectivity index (χ3v) is 3.84. The minimum atomic E-state index is -0.455. The normalized spacial score (nSPS) is 24.1. The summed E-state index contributed by atoms with van der Waals surface area (Å²) < 4.78 is 10.1. The summed E-state index contributed by atoms with van der Waals surface area (Å²) in [5.74, 6) is 1.08. The van der Waals surface area contributed by atoms with E-state index in [0.717, 1.165) is 25.1 Å². The maximum atomic E-state index is 11.3. The van der Waals surface area contributed by atoms with E-state index in [1.165, 1.54) is 7.11 Å². The van der Waals surface area contributed by atoms with Gasteiger partial charge < -0.3 is 14.3 Å². The Morgan fingerprint density at radius 3 is 2.84 bits per heavy atom. The van der Waals surface area contributed by atoms with Crippen LogP contribution in [0.2, 0.25) is 0 Å². The van der Waals surface area contributed by atoms with Gasteiger partial charge in [-0.15, -0.1) is 0 Å². The van der Waals surface area contributed by atoms with Gasteiger partial charge in [-0.05, 0) is 44.9 Å². The van der Waals surface area contributed by atoms with E-state index in [4.69, 9.17) is 4.42 Å². The largest absolute Gasteiger partial charge is 0.463 e. The van der Waals surface area contributed by atoms with Crippen molar-refractivity contribution in [3.8, 4) is 0 Å². The van der Waals surface area contributed by atoms with Gasteiger partial charge in [0.05, 0.1) is 19.3 Å². The first kappa shape index (κ1) is 14.1. The Morgan fingerprint density at radius 2 is 2.26 bits per heavy atom. The fraction of sp³-hybridized carbons (Fsp3) is 0.643. The second-order valence-electron chi connectivity index (χ2n) is 5.30. The van der Waals surface area contributed by atoms with Gasteiger partial charge in [-0.25, -0.2) is 4.79 Å². The summed E-state index contributed by atoms with van der Waals surface area (Å²) >= 11 is 0. The molecule has 1 aliphatic rings. The second-order valence-corrected chi connectivity index (χ2v) is 5.30. The summed E-state index contributed by atoms with van der Waals surface area (Å²) in [7, 11) is 3.36. The van der Waals surface area contributed by atoms with E-state index in [1.54, 1.807) is 6.07 Å². The number of carbonyl (C=O) groups excluding carboxylic acids is 1. The lowest BCUT2D eigenvalue weighted by molar-refractivity contribution is 0.0214. The number of nitrogens with zero attached hydrogens (tertiary/aromatic N) is 1. The average Bonchev–Trinajstić information content (AvgIpc) is 2.84. The Kier molecular flexibility index (Phi) is 4.27. The number of carbonyl (C=O) groups is 1. The number of aliphatic hydroxyl groups is 1. The summed E-state index contributed by atoms with van der Waals surface area (Å²) in [5, 5.41) is 9.29. The molecule has 1 heterocycles. The molecule has 1 fully saturated rings. The molecule has 5 nitrogen and oxygen atoms in total. The van der Waals surface area contributed by atoms with Gasteiger partial charge in [0.2, 0.25) is 5.76 Å². The number of ether oxygens (including phenoxy) is 1. The van der Waals surface area contributed by atoms with E-state index >= 15 is 0 Å². The van der Waals surface area contributed by atoms with Gasteiger partial charge in [-0.3, -0.25) is 4.90 Å². The topological polar surface area (TPSA) is 62.9 Å². The fourth-order valence-corrected chi connectivity index (χ4v) is 2.42. The van der Waals surface area contributed by atoms with Crippen LogP contribution < -0.4 is 0 Å². The average molecular weight is 267 g/mol. The summed E-state index contributed by atoms with van der Waals surface area (Å²) in [6, 6.07) is 3.54. The lowest BCUT2D eigenvalue weighted by atomic mass is 9.82. The van der Waals surface area contributed by atoms with E-state index in [1.807, 2.05) is 20.0 Å². The quantitative estimate of drug-likeness (QED) is 0.825. The monoisotopic (exact) mass is 267 g/mol. The Balaban J connectivity index is 1.92. The molecular weight excluding hydrogens is 246 g/mol. The predicted octanol–water partition coefficient (Wildman–Crippen LogP) is 1.83. The number of hydrogen-bond donors (Lipinski definition) is 1. The van der Waals surface area contributed by atoms with Crippen molar-refractivity contribution < 1.29 is 19.1 Å². The zero-order chi connectivity index (χ0) is 14.0. The SMILES string of the molecule is COC(=O)c1ccc(C(C)N(C)CC2CC(O)C2)o1. The van der Waals surface area contributed by atoms with Crippen molar-refractivity contribution in [1.82, 2.24) is 4.90 Å². The zero-order valence-electron chi connectivity index (χ0n) is 11.6. The number of methoxy groups -OCH3 is 1.